The van der Waals surface area contributed by atoms with Gasteiger partial charge in [0.05, 0.1) is 6.54 Å². The van der Waals surface area contributed by atoms with Gasteiger partial charge in [-0.25, -0.2) is 4.79 Å². The molecule has 0 atom stereocenters. The van der Waals surface area contributed by atoms with Crippen molar-refractivity contribution in [3.8, 4) is 5.69 Å². The van der Waals surface area contributed by atoms with Gasteiger partial charge in [0.25, 0.3) is 0 Å². The van der Waals surface area contributed by atoms with Crippen molar-refractivity contribution in [3.63, 3.8) is 0 Å². The molecule has 0 aliphatic carbocycles. The van der Waals surface area contributed by atoms with Crippen molar-refractivity contribution in [2.75, 3.05) is 18.0 Å². The molecule has 0 spiro atoms. The maximum Gasteiger partial charge on any atom is 0.432 e. The number of hydrogen-bond acceptors (Lipinski definition) is 5. The van der Waals surface area contributed by atoms with Gasteiger partial charge in [0.1, 0.15) is 13.1 Å². The van der Waals surface area contributed by atoms with Crippen LogP contribution in [0.25, 0.3) is 5.69 Å². The fourth-order valence-corrected chi connectivity index (χ4v) is 3.73. The van der Waals surface area contributed by atoms with Crippen molar-refractivity contribution < 1.29 is 23.9 Å². The van der Waals surface area contributed by atoms with Crippen LogP contribution in [-0.2, 0) is 22.7 Å². The Morgan fingerprint density at radius 1 is 0.829 bits per heavy atom. The first-order chi connectivity index (χ1) is 17.0. The summed E-state index contributed by atoms with van der Waals surface area (Å²) in [4.78, 5) is 40.6. The van der Waals surface area contributed by atoms with Crippen LogP contribution in [-0.4, -0.2) is 40.2 Å². The summed E-state index contributed by atoms with van der Waals surface area (Å²) in [6, 6.07) is 27.4. The molecular formula is C26H25N4O5+. The first kappa shape index (κ1) is 23.5. The second-order valence-electron chi connectivity index (χ2n) is 7.92. The smallest absolute Gasteiger partial charge is 0.432 e. The molecule has 2 N–H and O–H groups in total. The van der Waals surface area contributed by atoms with Gasteiger partial charge in [-0.15, -0.1) is 0 Å². The third-order valence-corrected chi connectivity index (χ3v) is 5.43. The molecule has 0 bridgehead atoms. The maximum absolute atomic E-state index is 13.5. The largest absolute Gasteiger partial charge is 0.480 e. The van der Waals surface area contributed by atoms with Gasteiger partial charge in [-0.1, -0.05) is 66.7 Å². The highest BCUT2D eigenvalue weighted by Crippen LogP contribution is 2.15. The third kappa shape index (κ3) is 6.02. The highest BCUT2D eigenvalue weighted by Gasteiger charge is 2.29. The molecule has 0 saturated heterocycles. The van der Waals surface area contributed by atoms with Crippen molar-refractivity contribution in [2.24, 2.45) is 0 Å². The normalized spacial score (nSPS) is 10.6. The number of nitrogens with one attached hydrogen (secondary N) is 1. The Morgan fingerprint density at radius 2 is 1.43 bits per heavy atom. The minimum absolute atomic E-state index is 0.0375. The lowest BCUT2D eigenvalue weighted by atomic mass is 10.2. The van der Waals surface area contributed by atoms with Crippen LogP contribution in [0.3, 0.4) is 0 Å². The molecule has 0 radical (unpaired) electrons. The Kier molecular flexibility index (Phi) is 7.37. The van der Waals surface area contributed by atoms with Gasteiger partial charge >= 0.3 is 17.3 Å². The number of aromatic amines is 1. The van der Waals surface area contributed by atoms with Crippen LogP contribution in [0.5, 0.6) is 0 Å². The van der Waals surface area contributed by atoms with Crippen molar-refractivity contribution >= 4 is 17.6 Å². The molecule has 0 saturated carbocycles. The van der Waals surface area contributed by atoms with E-state index in [1.54, 1.807) is 24.3 Å². The van der Waals surface area contributed by atoms with Crippen molar-refractivity contribution in [1.29, 1.82) is 0 Å². The van der Waals surface area contributed by atoms with Crippen LogP contribution >= 0.6 is 0 Å². The average molecular weight is 474 g/mol. The minimum atomic E-state index is -1.05. The van der Waals surface area contributed by atoms with E-state index in [9.17, 15) is 19.5 Å². The monoisotopic (exact) mass is 473 g/mol. The Labute approximate surface area is 201 Å². The fraction of sp³-hybridized carbons (Fsp3) is 0.154. The lowest BCUT2D eigenvalue weighted by molar-refractivity contribution is -0.678. The molecule has 4 rings (SSSR count). The number of rotatable bonds is 10. The van der Waals surface area contributed by atoms with Crippen molar-refractivity contribution in [1.82, 2.24) is 10.2 Å². The molecule has 0 aliphatic rings. The van der Waals surface area contributed by atoms with E-state index >= 15 is 0 Å². The van der Waals surface area contributed by atoms with Gasteiger partial charge in [0.15, 0.2) is 0 Å². The second-order valence-corrected chi connectivity index (χ2v) is 7.92. The number of carbonyl (C=O) groups is 2. The summed E-state index contributed by atoms with van der Waals surface area (Å²) in [5.41, 5.74) is 1.81. The topological polar surface area (TPSA) is 111 Å². The van der Waals surface area contributed by atoms with Crippen molar-refractivity contribution in [3.05, 3.63) is 113 Å². The molecule has 178 valence electrons. The quantitative estimate of drug-likeness (QED) is 0.342. The predicted octanol–water partition coefficient (Wildman–Crippen LogP) is 2.36. The number of H-pyrrole nitrogens is 1. The number of carboxylic acid groups (broad SMARTS) is 1. The molecule has 9 nitrogen and oxygen atoms in total. The molecule has 1 aromatic heterocycles. The van der Waals surface area contributed by atoms with Gasteiger partial charge < -0.3 is 14.9 Å². The summed E-state index contributed by atoms with van der Waals surface area (Å²) in [6.45, 7) is -0.325. The number of hydrogen-bond donors (Lipinski definition) is 2. The number of nitrogens with zero attached hydrogens (tertiary/aromatic N) is 3. The maximum atomic E-state index is 13.5. The van der Waals surface area contributed by atoms with E-state index in [1.807, 2.05) is 66.7 Å². The molecular weight excluding hydrogens is 448 g/mol. The number of carbonyl (C=O) groups excluding carboxylic acids is 1. The summed E-state index contributed by atoms with van der Waals surface area (Å²) in [5, 5.41) is 12.0. The van der Waals surface area contributed by atoms with Gasteiger partial charge in [-0.2, -0.15) is 0 Å². The lowest BCUT2D eigenvalue weighted by Gasteiger charge is -2.27. The Balaban J connectivity index is 1.65. The van der Waals surface area contributed by atoms with Gasteiger partial charge in [0, 0.05) is 24.4 Å². The van der Waals surface area contributed by atoms with E-state index in [4.69, 9.17) is 4.52 Å². The zero-order valence-electron chi connectivity index (χ0n) is 18.9. The molecule has 35 heavy (non-hydrogen) atoms. The van der Waals surface area contributed by atoms with Crippen LogP contribution in [0, 0.1) is 0 Å². The summed E-state index contributed by atoms with van der Waals surface area (Å²) in [6.07, 6.45) is 0. The van der Waals surface area contributed by atoms with E-state index in [0.29, 0.717) is 11.4 Å². The molecule has 0 aliphatic heterocycles. The number of carboxylic acids is 1. The molecule has 0 unspecified atom stereocenters. The Bertz CT molecular complexity index is 1320. The molecule has 0 fully saturated rings. The van der Waals surface area contributed by atoms with Crippen LogP contribution in [0.4, 0.5) is 5.69 Å². The molecule has 9 heteroatoms. The summed E-state index contributed by atoms with van der Waals surface area (Å²) in [7, 11) is 0. The fourth-order valence-electron chi connectivity index (χ4n) is 3.73. The minimum Gasteiger partial charge on any atom is -0.480 e. The predicted molar refractivity (Wildman–Crippen MR) is 128 cm³/mol. The number of amides is 1. The van der Waals surface area contributed by atoms with Crippen LogP contribution in [0.2, 0.25) is 0 Å². The van der Waals surface area contributed by atoms with E-state index in [0.717, 1.165) is 5.56 Å². The van der Waals surface area contributed by atoms with E-state index in [1.165, 1.54) is 14.5 Å². The number of para-hydroxylation sites is 2. The van der Waals surface area contributed by atoms with Gasteiger partial charge in [0.2, 0.25) is 11.6 Å². The van der Waals surface area contributed by atoms with Gasteiger partial charge in [-0.3, -0.25) is 14.1 Å². The number of aliphatic carboxylic acids is 1. The van der Waals surface area contributed by atoms with Crippen LogP contribution in [0.1, 0.15) is 11.3 Å². The molecule has 4 aromatic rings. The second kappa shape index (κ2) is 11.0. The zero-order valence-corrected chi connectivity index (χ0v) is 18.9. The van der Waals surface area contributed by atoms with E-state index in [2.05, 4.69) is 5.27 Å². The van der Waals surface area contributed by atoms with E-state index < -0.39 is 11.6 Å². The average Bonchev–Trinajstić information content (AvgIpc) is 3.24. The van der Waals surface area contributed by atoms with Crippen molar-refractivity contribution in [2.45, 2.75) is 13.1 Å². The van der Waals surface area contributed by atoms with Crippen LogP contribution in [0.15, 0.2) is 100 Å². The first-order valence-electron chi connectivity index (χ1n) is 11.0. The lowest BCUT2D eigenvalue weighted by Crippen LogP contribution is -2.46. The third-order valence-electron chi connectivity index (χ3n) is 5.43. The number of anilines is 1. The molecule has 1 amide bonds. The molecule has 1 heterocycles. The van der Waals surface area contributed by atoms with E-state index in [-0.39, 0.29) is 37.8 Å². The highest BCUT2D eigenvalue weighted by molar-refractivity contribution is 5.84. The van der Waals surface area contributed by atoms with Crippen LogP contribution < -0.4 is 15.2 Å². The first-order valence-corrected chi connectivity index (χ1v) is 11.0. The Hall–Kier alpha value is -4.66. The molecule has 3 aromatic carbocycles. The number of benzene rings is 3. The zero-order chi connectivity index (χ0) is 24.6. The summed E-state index contributed by atoms with van der Waals surface area (Å²) < 4.78 is 6.54. The number of aromatic nitrogens is 2. The summed E-state index contributed by atoms with van der Waals surface area (Å²) >= 11 is 0. The highest BCUT2D eigenvalue weighted by atomic mass is 16.5. The Morgan fingerprint density at radius 3 is 2.06 bits per heavy atom. The SMILES string of the molecule is O=C(O)CN(CC(=O)N(Cc1ccccc1)Cc1c(=O)o[nH][n+]1-c1ccccc1)c1ccccc1. The van der Waals surface area contributed by atoms with Gasteiger partial charge in [-0.05, 0) is 27.6 Å². The summed E-state index contributed by atoms with van der Waals surface area (Å²) in [5.74, 6) is -1.39. The standard InChI is InChI=1S/C26H24N4O5/c31-24(18-28(19-25(32)33)21-12-6-2-7-13-21)29(16-20-10-4-1-5-11-20)17-23-26(34)35-27-30(23)22-14-8-3-9-15-22/h1-15H,16-19H2,(H-,27,32,33,34)/p+1.